The van der Waals surface area contributed by atoms with Crippen LogP contribution in [0.3, 0.4) is 0 Å². The largest absolute Gasteiger partial charge is 0.340 e. The highest BCUT2D eigenvalue weighted by atomic mass is 32.2. The number of tetrazole rings is 1. The van der Waals surface area contributed by atoms with Crippen LogP contribution in [-0.4, -0.2) is 43.3 Å². The molecule has 1 unspecified atom stereocenters. The van der Waals surface area contributed by atoms with Gasteiger partial charge in [0.1, 0.15) is 5.82 Å². The molecule has 26 heavy (non-hydrogen) atoms. The molecular formula is C17H18FN5OS2. The second-order valence-corrected chi connectivity index (χ2v) is 8.12. The van der Waals surface area contributed by atoms with Crippen molar-refractivity contribution in [3.8, 4) is 0 Å². The first-order chi connectivity index (χ1) is 12.5. The van der Waals surface area contributed by atoms with Crippen LogP contribution < -0.4 is 0 Å². The Hall–Kier alpha value is -2.26. The number of thioether (sulfide) groups is 1. The van der Waals surface area contributed by atoms with E-state index in [1.807, 2.05) is 24.4 Å². The van der Waals surface area contributed by atoms with Crippen molar-refractivity contribution in [2.75, 3.05) is 7.05 Å². The fourth-order valence-corrected chi connectivity index (χ4v) is 4.03. The Morgan fingerprint density at radius 2 is 2.23 bits per heavy atom. The minimum atomic E-state index is -0.360. The minimum absolute atomic E-state index is 0.0649. The van der Waals surface area contributed by atoms with E-state index >= 15 is 0 Å². The molecule has 3 aromatic rings. The number of amides is 1. The maximum atomic E-state index is 13.3. The fourth-order valence-electron chi connectivity index (χ4n) is 2.44. The summed E-state index contributed by atoms with van der Waals surface area (Å²) >= 11 is 2.95. The monoisotopic (exact) mass is 391 g/mol. The highest BCUT2D eigenvalue weighted by Gasteiger charge is 2.22. The Bertz CT molecular complexity index is 868. The Balaban J connectivity index is 1.61. The summed E-state index contributed by atoms with van der Waals surface area (Å²) in [6.45, 7) is 2.74. The first-order valence-corrected chi connectivity index (χ1v) is 9.73. The van der Waals surface area contributed by atoms with E-state index in [9.17, 15) is 9.18 Å². The van der Waals surface area contributed by atoms with Gasteiger partial charge >= 0.3 is 0 Å². The summed E-state index contributed by atoms with van der Waals surface area (Å²) in [4.78, 5) is 15.3. The third-order valence-corrected chi connectivity index (χ3v) is 5.62. The summed E-state index contributed by atoms with van der Waals surface area (Å²) in [5.41, 5.74) is 0.751. The van der Waals surface area contributed by atoms with Crippen LogP contribution in [0.4, 0.5) is 4.39 Å². The fraction of sp³-hybridized carbons (Fsp3) is 0.294. The molecule has 0 aliphatic carbocycles. The summed E-state index contributed by atoms with van der Waals surface area (Å²) in [5, 5.41) is 14.0. The minimum Gasteiger partial charge on any atom is -0.340 e. The quantitative estimate of drug-likeness (QED) is 0.579. The molecule has 1 atom stereocenters. The van der Waals surface area contributed by atoms with Crippen LogP contribution in [-0.2, 0) is 17.9 Å². The van der Waals surface area contributed by atoms with E-state index in [-0.39, 0.29) is 17.0 Å². The third kappa shape index (κ3) is 4.67. The number of hydrogen-bond donors (Lipinski definition) is 0. The van der Waals surface area contributed by atoms with E-state index in [1.165, 1.54) is 23.9 Å². The molecule has 2 aromatic heterocycles. The average Bonchev–Trinajstić information content (AvgIpc) is 3.27. The predicted octanol–water partition coefficient (Wildman–Crippen LogP) is 3.06. The lowest BCUT2D eigenvalue weighted by Crippen LogP contribution is -2.33. The van der Waals surface area contributed by atoms with Gasteiger partial charge < -0.3 is 4.90 Å². The van der Waals surface area contributed by atoms with E-state index < -0.39 is 0 Å². The zero-order chi connectivity index (χ0) is 18.5. The Labute approximate surface area is 159 Å². The van der Waals surface area contributed by atoms with E-state index in [0.29, 0.717) is 18.2 Å². The molecule has 0 aliphatic rings. The van der Waals surface area contributed by atoms with E-state index in [0.717, 1.165) is 10.4 Å². The van der Waals surface area contributed by atoms with Gasteiger partial charge in [-0.2, -0.15) is 0 Å². The van der Waals surface area contributed by atoms with Gasteiger partial charge in [-0.05, 0) is 46.5 Å². The Morgan fingerprint density at radius 3 is 2.96 bits per heavy atom. The standard InChI is InChI=1S/C17H18FN5OS2/c1-12(16(24)22(2)10-13-5-3-6-14(18)9-13)26-17-19-20-21-23(17)11-15-7-4-8-25-15/h3-9,12H,10-11H2,1-2H3. The van der Waals surface area contributed by atoms with E-state index in [1.54, 1.807) is 40.1 Å². The van der Waals surface area contributed by atoms with Crippen LogP contribution in [0.25, 0.3) is 0 Å². The lowest BCUT2D eigenvalue weighted by molar-refractivity contribution is -0.129. The molecule has 6 nitrogen and oxygen atoms in total. The molecule has 0 spiro atoms. The lowest BCUT2D eigenvalue weighted by Gasteiger charge is -2.21. The van der Waals surface area contributed by atoms with E-state index in [2.05, 4.69) is 15.5 Å². The van der Waals surface area contributed by atoms with Gasteiger partial charge in [-0.15, -0.1) is 16.4 Å². The van der Waals surface area contributed by atoms with Crippen molar-refractivity contribution in [3.63, 3.8) is 0 Å². The zero-order valence-electron chi connectivity index (χ0n) is 14.4. The molecule has 1 amide bonds. The number of aromatic nitrogens is 4. The maximum absolute atomic E-state index is 13.3. The molecule has 3 rings (SSSR count). The highest BCUT2D eigenvalue weighted by molar-refractivity contribution is 8.00. The van der Waals surface area contributed by atoms with Crippen molar-refractivity contribution >= 4 is 29.0 Å². The second-order valence-electron chi connectivity index (χ2n) is 5.78. The van der Waals surface area contributed by atoms with E-state index in [4.69, 9.17) is 0 Å². The molecular weight excluding hydrogens is 373 g/mol. The third-order valence-electron chi connectivity index (χ3n) is 3.70. The molecule has 0 N–H and O–H groups in total. The molecule has 0 aliphatic heterocycles. The van der Waals surface area contributed by atoms with Crippen molar-refractivity contribution in [3.05, 3.63) is 58.0 Å². The van der Waals surface area contributed by atoms with Gasteiger partial charge in [-0.3, -0.25) is 4.79 Å². The SMILES string of the molecule is CC(Sc1nnnn1Cc1cccs1)C(=O)N(C)Cc1cccc(F)c1. The van der Waals surface area contributed by atoms with Crippen LogP contribution in [0, 0.1) is 5.82 Å². The van der Waals surface area contributed by atoms with Gasteiger partial charge in [0.25, 0.3) is 0 Å². The molecule has 0 fully saturated rings. The van der Waals surface area contributed by atoms with Gasteiger partial charge in [0.15, 0.2) is 0 Å². The highest BCUT2D eigenvalue weighted by Crippen LogP contribution is 2.23. The molecule has 9 heteroatoms. The first kappa shape index (κ1) is 18.5. The summed E-state index contributed by atoms with van der Waals surface area (Å²) in [6.07, 6.45) is 0. The normalized spacial score (nSPS) is 12.1. The van der Waals surface area contributed by atoms with Crippen LogP contribution in [0.1, 0.15) is 17.4 Å². The Morgan fingerprint density at radius 1 is 1.38 bits per heavy atom. The van der Waals surface area contributed by atoms with Gasteiger partial charge in [0, 0.05) is 18.5 Å². The van der Waals surface area contributed by atoms with Gasteiger partial charge in [0.2, 0.25) is 11.1 Å². The van der Waals surface area contributed by atoms with Crippen molar-refractivity contribution in [2.24, 2.45) is 0 Å². The average molecular weight is 391 g/mol. The van der Waals surface area contributed by atoms with Crippen molar-refractivity contribution in [1.82, 2.24) is 25.1 Å². The summed E-state index contributed by atoms with van der Waals surface area (Å²) in [6, 6.07) is 10.2. The number of carbonyl (C=O) groups excluding carboxylic acids is 1. The number of rotatable bonds is 7. The molecule has 136 valence electrons. The van der Waals surface area contributed by atoms with Crippen LogP contribution in [0.15, 0.2) is 46.9 Å². The molecule has 1 aromatic carbocycles. The number of benzene rings is 1. The Kier molecular flexibility index (Phi) is 6.00. The molecule has 0 radical (unpaired) electrons. The summed E-state index contributed by atoms with van der Waals surface area (Å²) < 4.78 is 15.0. The lowest BCUT2D eigenvalue weighted by atomic mass is 10.2. The topological polar surface area (TPSA) is 63.9 Å². The predicted molar refractivity (Wildman–Crippen MR) is 99.4 cm³/mol. The van der Waals surface area contributed by atoms with Gasteiger partial charge in [-0.1, -0.05) is 30.0 Å². The number of nitrogens with zero attached hydrogens (tertiary/aromatic N) is 5. The number of thiophene rings is 1. The number of hydrogen-bond acceptors (Lipinski definition) is 6. The smallest absolute Gasteiger partial charge is 0.235 e. The van der Waals surface area contributed by atoms with Crippen LogP contribution in [0.2, 0.25) is 0 Å². The first-order valence-electron chi connectivity index (χ1n) is 7.97. The van der Waals surface area contributed by atoms with Gasteiger partial charge in [-0.25, -0.2) is 9.07 Å². The number of halogens is 1. The van der Waals surface area contributed by atoms with Crippen molar-refractivity contribution < 1.29 is 9.18 Å². The molecule has 0 bridgehead atoms. The van der Waals surface area contributed by atoms with Crippen LogP contribution in [0.5, 0.6) is 0 Å². The summed E-state index contributed by atoms with van der Waals surface area (Å²) in [5.74, 6) is -0.372. The maximum Gasteiger partial charge on any atom is 0.235 e. The number of carbonyl (C=O) groups is 1. The van der Waals surface area contributed by atoms with Crippen LogP contribution >= 0.6 is 23.1 Å². The zero-order valence-corrected chi connectivity index (χ0v) is 16.0. The molecule has 0 saturated carbocycles. The second kappa shape index (κ2) is 8.41. The molecule has 0 saturated heterocycles. The van der Waals surface area contributed by atoms with Crippen molar-refractivity contribution in [2.45, 2.75) is 30.4 Å². The van der Waals surface area contributed by atoms with Gasteiger partial charge in [0.05, 0.1) is 11.8 Å². The molecule has 2 heterocycles. The summed E-state index contributed by atoms with van der Waals surface area (Å²) in [7, 11) is 1.71. The van der Waals surface area contributed by atoms with Crippen molar-refractivity contribution in [1.29, 1.82) is 0 Å².